The van der Waals surface area contributed by atoms with E-state index in [-0.39, 0.29) is 18.9 Å². The number of nitrogens with one attached hydrogen (secondary N) is 1. The van der Waals surface area contributed by atoms with E-state index in [1.807, 2.05) is 18.2 Å². The monoisotopic (exact) mass is 285 g/mol. The molecule has 0 heterocycles. The van der Waals surface area contributed by atoms with Crippen LogP contribution in [0, 0.1) is 5.92 Å². The largest absolute Gasteiger partial charge is 0.391 e. The van der Waals surface area contributed by atoms with Gasteiger partial charge in [0.05, 0.1) is 5.92 Å². The quantitative estimate of drug-likeness (QED) is 0.858. The third kappa shape index (κ3) is 4.23. The maximum atomic E-state index is 12.6. The Morgan fingerprint density at radius 3 is 2.25 bits per heavy atom. The molecule has 1 N–H and O–H groups in total. The van der Waals surface area contributed by atoms with E-state index in [2.05, 4.69) is 24.4 Å². The van der Waals surface area contributed by atoms with Crippen molar-refractivity contribution >= 4 is 0 Å². The van der Waals surface area contributed by atoms with Gasteiger partial charge in [0.15, 0.2) is 0 Å². The molecular formula is C16H22F3N. The molecule has 4 heteroatoms. The van der Waals surface area contributed by atoms with Gasteiger partial charge in [0.1, 0.15) is 0 Å². The van der Waals surface area contributed by atoms with Gasteiger partial charge in [-0.2, -0.15) is 13.2 Å². The number of benzene rings is 1. The number of alkyl halides is 3. The zero-order valence-corrected chi connectivity index (χ0v) is 11.8. The molecule has 1 unspecified atom stereocenters. The Balaban J connectivity index is 1.74. The zero-order chi connectivity index (χ0) is 14.6. The summed E-state index contributed by atoms with van der Waals surface area (Å²) in [6.45, 7) is 2.97. The first-order valence-electron chi connectivity index (χ1n) is 7.32. The van der Waals surface area contributed by atoms with Crippen LogP contribution in [0.2, 0.25) is 0 Å². The summed E-state index contributed by atoms with van der Waals surface area (Å²) >= 11 is 0. The molecule has 1 atom stereocenters. The topological polar surface area (TPSA) is 12.0 Å². The van der Waals surface area contributed by atoms with Crippen molar-refractivity contribution in [3.05, 3.63) is 35.9 Å². The van der Waals surface area contributed by atoms with Gasteiger partial charge >= 0.3 is 6.18 Å². The molecule has 0 bridgehead atoms. The summed E-state index contributed by atoms with van der Waals surface area (Å²) < 4.78 is 37.8. The van der Waals surface area contributed by atoms with Gasteiger partial charge in [-0.25, -0.2) is 0 Å². The first kappa shape index (κ1) is 15.4. The van der Waals surface area contributed by atoms with Crippen molar-refractivity contribution in [1.82, 2.24) is 5.32 Å². The van der Waals surface area contributed by atoms with Gasteiger partial charge in [-0.3, -0.25) is 0 Å². The molecule has 0 radical (unpaired) electrons. The molecule has 0 aliphatic heterocycles. The Hall–Kier alpha value is -1.03. The zero-order valence-electron chi connectivity index (χ0n) is 11.8. The van der Waals surface area contributed by atoms with Gasteiger partial charge in [-0.05, 0) is 37.2 Å². The lowest BCUT2D eigenvalue weighted by molar-refractivity contribution is -0.182. The van der Waals surface area contributed by atoms with Crippen molar-refractivity contribution < 1.29 is 13.2 Å². The van der Waals surface area contributed by atoms with Gasteiger partial charge in [0, 0.05) is 12.6 Å². The van der Waals surface area contributed by atoms with E-state index in [9.17, 15) is 13.2 Å². The normalized spacial score (nSPS) is 25.4. The number of hydrogen-bond acceptors (Lipinski definition) is 1. The number of halogens is 3. The molecular weight excluding hydrogens is 263 g/mol. The molecule has 0 spiro atoms. The van der Waals surface area contributed by atoms with Crippen molar-refractivity contribution in [1.29, 1.82) is 0 Å². The van der Waals surface area contributed by atoms with Crippen LogP contribution in [-0.4, -0.2) is 18.8 Å². The van der Waals surface area contributed by atoms with Crippen LogP contribution in [0.3, 0.4) is 0 Å². The lowest BCUT2D eigenvalue weighted by atomic mass is 9.85. The van der Waals surface area contributed by atoms with Crippen molar-refractivity contribution in [2.75, 3.05) is 6.54 Å². The van der Waals surface area contributed by atoms with Crippen LogP contribution in [0.5, 0.6) is 0 Å². The first-order chi connectivity index (χ1) is 9.47. The summed E-state index contributed by atoms with van der Waals surface area (Å²) in [4.78, 5) is 0. The fourth-order valence-electron chi connectivity index (χ4n) is 2.87. The van der Waals surface area contributed by atoms with Crippen LogP contribution >= 0.6 is 0 Å². The van der Waals surface area contributed by atoms with E-state index in [1.165, 1.54) is 5.56 Å². The Bertz CT molecular complexity index is 394. The first-order valence-corrected chi connectivity index (χ1v) is 7.32. The highest BCUT2D eigenvalue weighted by molar-refractivity contribution is 5.19. The summed E-state index contributed by atoms with van der Waals surface area (Å²) in [5.41, 5.74) is 1.27. The van der Waals surface area contributed by atoms with Crippen LogP contribution in [0.1, 0.15) is 44.1 Å². The lowest BCUT2D eigenvalue weighted by Crippen LogP contribution is -2.38. The predicted octanol–water partition coefficient (Wildman–Crippen LogP) is 4.50. The molecule has 2 rings (SSSR count). The maximum absolute atomic E-state index is 12.6. The van der Waals surface area contributed by atoms with Crippen molar-refractivity contribution in [3.8, 4) is 0 Å². The Kier molecular flexibility index (Phi) is 5.08. The standard InChI is InChI=1S/C16H22F3N/c1-12(13-5-3-2-4-6-13)11-20-15-9-7-14(8-10-15)16(17,18)19/h2-6,12,14-15,20H,7-11H2,1H3. The van der Waals surface area contributed by atoms with E-state index in [0.717, 1.165) is 6.54 Å². The molecule has 1 fully saturated rings. The second-order valence-electron chi connectivity index (χ2n) is 5.81. The van der Waals surface area contributed by atoms with E-state index in [0.29, 0.717) is 18.8 Å². The van der Waals surface area contributed by atoms with E-state index in [4.69, 9.17) is 0 Å². The molecule has 1 aliphatic carbocycles. The third-order valence-electron chi connectivity index (χ3n) is 4.27. The summed E-state index contributed by atoms with van der Waals surface area (Å²) in [7, 11) is 0. The predicted molar refractivity (Wildman–Crippen MR) is 74.7 cm³/mol. The smallest absolute Gasteiger partial charge is 0.313 e. The highest BCUT2D eigenvalue weighted by Crippen LogP contribution is 2.37. The fraction of sp³-hybridized carbons (Fsp3) is 0.625. The molecule has 20 heavy (non-hydrogen) atoms. The highest BCUT2D eigenvalue weighted by atomic mass is 19.4. The van der Waals surface area contributed by atoms with Gasteiger partial charge in [0.25, 0.3) is 0 Å². The SMILES string of the molecule is CC(CNC1CCC(C(F)(F)F)CC1)c1ccccc1. The number of hydrogen-bond donors (Lipinski definition) is 1. The van der Waals surface area contributed by atoms with Crippen LogP contribution in [0.25, 0.3) is 0 Å². The average molecular weight is 285 g/mol. The van der Waals surface area contributed by atoms with E-state index >= 15 is 0 Å². The molecule has 1 nitrogen and oxygen atoms in total. The second-order valence-corrected chi connectivity index (χ2v) is 5.81. The van der Waals surface area contributed by atoms with Gasteiger partial charge in [-0.1, -0.05) is 37.3 Å². The molecule has 112 valence electrons. The summed E-state index contributed by atoms with van der Waals surface area (Å²) in [5, 5.41) is 3.42. The number of rotatable bonds is 4. The molecule has 0 aromatic heterocycles. The van der Waals surface area contributed by atoms with Gasteiger partial charge < -0.3 is 5.32 Å². The fourth-order valence-corrected chi connectivity index (χ4v) is 2.87. The van der Waals surface area contributed by atoms with Crippen LogP contribution in [0.4, 0.5) is 13.2 Å². The summed E-state index contributed by atoms with van der Waals surface area (Å²) in [6.07, 6.45) is -2.22. The molecule has 1 aliphatic rings. The summed E-state index contributed by atoms with van der Waals surface area (Å²) in [5.74, 6) is -0.705. The third-order valence-corrected chi connectivity index (χ3v) is 4.27. The van der Waals surface area contributed by atoms with Crippen molar-refractivity contribution in [2.45, 2.75) is 50.7 Å². The van der Waals surface area contributed by atoms with Gasteiger partial charge in [-0.15, -0.1) is 0 Å². The molecule has 1 aromatic carbocycles. The summed E-state index contributed by atoms with van der Waals surface area (Å²) in [6, 6.07) is 10.4. The molecule has 0 amide bonds. The van der Waals surface area contributed by atoms with Crippen molar-refractivity contribution in [3.63, 3.8) is 0 Å². The molecule has 0 saturated heterocycles. The van der Waals surface area contributed by atoms with Crippen LogP contribution in [0.15, 0.2) is 30.3 Å². The Labute approximate surface area is 118 Å². The Morgan fingerprint density at radius 1 is 1.10 bits per heavy atom. The van der Waals surface area contributed by atoms with Gasteiger partial charge in [0.2, 0.25) is 0 Å². The highest BCUT2D eigenvalue weighted by Gasteiger charge is 2.41. The average Bonchev–Trinajstić information content (AvgIpc) is 2.45. The minimum atomic E-state index is -4.01. The minimum Gasteiger partial charge on any atom is -0.313 e. The van der Waals surface area contributed by atoms with E-state index in [1.54, 1.807) is 0 Å². The maximum Gasteiger partial charge on any atom is 0.391 e. The van der Waals surface area contributed by atoms with Crippen molar-refractivity contribution in [2.24, 2.45) is 5.92 Å². The van der Waals surface area contributed by atoms with Crippen LogP contribution in [-0.2, 0) is 0 Å². The van der Waals surface area contributed by atoms with Crippen LogP contribution < -0.4 is 5.32 Å². The second kappa shape index (κ2) is 6.61. The molecule has 1 saturated carbocycles. The minimum absolute atomic E-state index is 0.236. The lowest BCUT2D eigenvalue weighted by Gasteiger charge is -2.31. The van der Waals surface area contributed by atoms with E-state index < -0.39 is 12.1 Å². The Morgan fingerprint density at radius 2 is 1.70 bits per heavy atom. The molecule has 1 aromatic rings.